The summed E-state index contributed by atoms with van der Waals surface area (Å²) in [6.45, 7) is 1.00. The van der Waals surface area contributed by atoms with Crippen LogP contribution in [0.1, 0.15) is 34.8 Å². The Labute approximate surface area is 184 Å². The van der Waals surface area contributed by atoms with Crippen molar-refractivity contribution in [3.8, 4) is 5.69 Å². The van der Waals surface area contributed by atoms with E-state index in [-0.39, 0.29) is 5.91 Å². The van der Waals surface area contributed by atoms with Crippen LogP contribution in [0, 0.1) is 0 Å². The molecule has 0 spiro atoms. The Balaban J connectivity index is 1.75. The fourth-order valence-corrected chi connectivity index (χ4v) is 5.49. The number of amides is 1. The molecule has 10 heteroatoms. The monoisotopic (exact) mass is 491 g/mol. The van der Waals surface area contributed by atoms with Crippen molar-refractivity contribution in [3.05, 3.63) is 52.1 Å². The van der Waals surface area contributed by atoms with Gasteiger partial charge in [-0.05, 0) is 60.7 Å². The van der Waals surface area contributed by atoms with Gasteiger partial charge in [-0.2, -0.15) is 9.82 Å². The first-order valence-corrected chi connectivity index (χ1v) is 12.0. The van der Waals surface area contributed by atoms with Crippen LogP contribution >= 0.6 is 26.9 Å². The van der Waals surface area contributed by atoms with Gasteiger partial charge in [0.25, 0.3) is 5.91 Å². The minimum absolute atomic E-state index is 0.220. The van der Waals surface area contributed by atoms with Crippen LogP contribution in [0.3, 0.4) is 0 Å². The van der Waals surface area contributed by atoms with Crippen molar-refractivity contribution in [1.29, 1.82) is 0 Å². The van der Waals surface area contributed by atoms with E-state index in [9.17, 15) is 13.9 Å². The van der Waals surface area contributed by atoms with E-state index in [1.165, 1.54) is 0 Å². The highest BCUT2D eigenvalue weighted by Gasteiger charge is 2.36. The molecule has 3 aromatic rings. The molecule has 1 aromatic heterocycles. The van der Waals surface area contributed by atoms with Crippen LogP contribution in [0.15, 0.2) is 40.9 Å². The van der Waals surface area contributed by atoms with Gasteiger partial charge >= 0.3 is 0 Å². The Morgan fingerprint density at radius 2 is 2.00 bits per heavy atom. The number of fused-ring (bicyclic) bond motifs is 1. The van der Waals surface area contributed by atoms with Gasteiger partial charge in [-0.15, -0.1) is 0 Å². The topological polar surface area (TPSA) is 103 Å². The number of benzene rings is 2. The maximum atomic E-state index is 12.8. The summed E-state index contributed by atoms with van der Waals surface area (Å²) >= 11 is 3.44. The minimum atomic E-state index is -3.05. The first-order valence-electron chi connectivity index (χ1n) is 9.74. The number of nitrogens with one attached hydrogen (secondary N) is 2. The average molecular weight is 492 g/mol. The third-order valence-corrected chi connectivity index (χ3v) is 7.65. The first kappa shape index (κ1) is 19.8. The molecule has 2 aromatic carbocycles. The molecule has 1 aliphatic carbocycles. The normalized spacial score (nSPS) is 19.3. The SMILES string of the molecule is CNC(=O)c1c2cc(C3CC3)c(N3CCNS3(O)O)cc2nn1-c1ccc(Br)cc1. The number of halogens is 1. The fourth-order valence-electron chi connectivity index (χ4n) is 3.93. The number of anilines is 1. The lowest BCUT2D eigenvalue weighted by Gasteiger charge is -2.38. The van der Waals surface area contributed by atoms with Crippen LogP contribution in [-0.4, -0.2) is 44.9 Å². The molecule has 0 bridgehead atoms. The highest BCUT2D eigenvalue weighted by Crippen LogP contribution is 2.52. The number of hydrogen-bond acceptors (Lipinski definition) is 6. The fraction of sp³-hybridized carbons (Fsp3) is 0.300. The molecule has 5 rings (SSSR count). The number of carbonyl (C=O) groups is 1. The summed E-state index contributed by atoms with van der Waals surface area (Å²) in [5.41, 5.74) is 3.69. The van der Waals surface area contributed by atoms with E-state index in [0.29, 0.717) is 30.2 Å². The van der Waals surface area contributed by atoms with Crippen molar-refractivity contribution in [2.45, 2.75) is 18.8 Å². The lowest BCUT2D eigenvalue weighted by molar-refractivity contribution is 0.0957. The molecule has 0 atom stereocenters. The van der Waals surface area contributed by atoms with Crippen LogP contribution in [0.25, 0.3) is 16.6 Å². The third kappa shape index (κ3) is 3.28. The average Bonchev–Trinajstić information content (AvgIpc) is 3.42. The zero-order valence-corrected chi connectivity index (χ0v) is 18.7. The van der Waals surface area contributed by atoms with Crippen LogP contribution in [0.4, 0.5) is 5.69 Å². The minimum Gasteiger partial charge on any atom is -0.354 e. The quantitative estimate of drug-likeness (QED) is 0.439. The summed E-state index contributed by atoms with van der Waals surface area (Å²) in [7, 11) is -1.45. The molecule has 1 amide bonds. The molecule has 30 heavy (non-hydrogen) atoms. The summed E-state index contributed by atoms with van der Waals surface area (Å²) in [5, 5.41) is 8.20. The van der Waals surface area contributed by atoms with Gasteiger partial charge in [0.15, 0.2) is 0 Å². The maximum Gasteiger partial charge on any atom is 0.270 e. The van der Waals surface area contributed by atoms with Gasteiger partial charge < -0.3 is 5.32 Å². The molecule has 158 valence electrons. The maximum absolute atomic E-state index is 12.8. The molecular weight excluding hydrogens is 470 g/mol. The second-order valence-corrected chi connectivity index (χ2v) is 10.2. The highest BCUT2D eigenvalue weighted by atomic mass is 79.9. The van der Waals surface area contributed by atoms with Gasteiger partial charge in [0.1, 0.15) is 5.69 Å². The van der Waals surface area contributed by atoms with Crippen molar-refractivity contribution in [2.24, 2.45) is 0 Å². The van der Waals surface area contributed by atoms with Gasteiger partial charge in [0.05, 0.1) is 23.4 Å². The standard InChI is InChI=1S/C20H22BrN5O3S/c1-22-20(27)19-16-10-15(12-2-3-12)18(25-9-8-23-30(25,28)29)11-17(16)24-26(19)14-6-4-13(21)5-7-14/h4-7,10-12,23,28-29H,2-3,8-9H2,1H3,(H,22,27). The van der Waals surface area contributed by atoms with Crippen LogP contribution in [0.2, 0.25) is 0 Å². The predicted molar refractivity (Wildman–Crippen MR) is 122 cm³/mol. The van der Waals surface area contributed by atoms with Gasteiger partial charge in [0, 0.05) is 23.5 Å². The van der Waals surface area contributed by atoms with E-state index in [4.69, 9.17) is 5.10 Å². The van der Waals surface area contributed by atoms with E-state index in [1.54, 1.807) is 16.0 Å². The highest BCUT2D eigenvalue weighted by molar-refractivity contribution is 9.10. The molecule has 1 aliphatic heterocycles. The molecule has 2 heterocycles. The zero-order valence-electron chi connectivity index (χ0n) is 16.3. The summed E-state index contributed by atoms with van der Waals surface area (Å²) in [6, 6.07) is 11.5. The Morgan fingerprint density at radius 1 is 1.27 bits per heavy atom. The van der Waals surface area contributed by atoms with Gasteiger partial charge in [-0.3, -0.25) is 18.2 Å². The van der Waals surface area contributed by atoms with Gasteiger partial charge in [-0.1, -0.05) is 26.9 Å². The van der Waals surface area contributed by atoms with Gasteiger partial charge in [-0.25, -0.2) is 4.68 Å². The number of aromatic nitrogens is 2. The zero-order chi connectivity index (χ0) is 21.0. The molecule has 1 saturated heterocycles. The Kier molecular flexibility index (Phi) is 4.79. The summed E-state index contributed by atoms with van der Waals surface area (Å²) < 4.78 is 27.9. The number of nitrogens with zero attached hydrogens (tertiary/aromatic N) is 3. The van der Waals surface area contributed by atoms with E-state index in [2.05, 4.69) is 26.0 Å². The van der Waals surface area contributed by atoms with Crippen molar-refractivity contribution in [3.63, 3.8) is 0 Å². The summed E-state index contributed by atoms with van der Waals surface area (Å²) in [5.74, 6) is 0.135. The molecule has 4 N–H and O–H groups in total. The van der Waals surface area contributed by atoms with Gasteiger partial charge in [0.2, 0.25) is 0 Å². The molecule has 8 nitrogen and oxygen atoms in total. The van der Waals surface area contributed by atoms with Crippen molar-refractivity contribution < 1.29 is 13.9 Å². The molecule has 2 aliphatic rings. The van der Waals surface area contributed by atoms with Crippen molar-refractivity contribution >= 4 is 49.4 Å². The van der Waals surface area contributed by atoms with E-state index in [0.717, 1.165) is 39.6 Å². The predicted octanol–water partition coefficient (Wildman–Crippen LogP) is 4.02. The van der Waals surface area contributed by atoms with Crippen LogP contribution < -0.4 is 14.3 Å². The van der Waals surface area contributed by atoms with E-state index in [1.807, 2.05) is 36.4 Å². The lowest BCUT2D eigenvalue weighted by atomic mass is 10.0. The molecule has 0 radical (unpaired) electrons. The Morgan fingerprint density at radius 3 is 2.60 bits per heavy atom. The molecular formula is C20H22BrN5O3S. The molecule has 0 unspecified atom stereocenters. The largest absolute Gasteiger partial charge is 0.354 e. The second kappa shape index (κ2) is 7.24. The Bertz CT molecular complexity index is 1140. The first-order chi connectivity index (χ1) is 14.4. The second-order valence-electron chi connectivity index (χ2n) is 7.53. The lowest BCUT2D eigenvalue weighted by Crippen LogP contribution is -2.26. The number of hydrogen-bond donors (Lipinski definition) is 4. The van der Waals surface area contributed by atoms with Crippen LogP contribution in [-0.2, 0) is 0 Å². The summed E-state index contributed by atoms with van der Waals surface area (Å²) in [6.07, 6.45) is 2.10. The smallest absolute Gasteiger partial charge is 0.270 e. The molecule has 1 saturated carbocycles. The van der Waals surface area contributed by atoms with Crippen LogP contribution in [0.5, 0.6) is 0 Å². The summed E-state index contributed by atoms with van der Waals surface area (Å²) in [4.78, 5) is 12.8. The van der Waals surface area contributed by atoms with Crippen molar-refractivity contribution in [2.75, 3.05) is 24.4 Å². The van der Waals surface area contributed by atoms with Crippen molar-refractivity contribution in [1.82, 2.24) is 19.8 Å². The Hall–Kier alpha value is -2.11. The van der Waals surface area contributed by atoms with E-state index >= 15 is 0 Å². The number of rotatable bonds is 4. The number of carbonyl (C=O) groups excluding carboxylic acids is 1. The molecule has 2 fully saturated rings. The van der Waals surface area contributed by atoms with E-state index < -0.39 is 11.0 Å². The third-order valence-electron chi connectivity index (χ3n) is 5.54.